The number of benzene rings is 3. The Morgan fingerprint density at radius 3 is 2.05 bits per heavy atom. The molecule has 0 aliphatic carbocycles. The second-order valence-electron chi connectivity index (χ2n) is 34.4. The molecule has 2 amide bonds. The summed E-state index contributed by atoms with van der Waals surface area (Å²) in [4.78, 5) is 55.9. The monoisotopic (exact) mass is 1880 g/mol. The van der Waals surface area contributed by atoms with E-state index in [4.69, 9.17) is 151 Å². The van der Waals surface area contributed by atoms with Gasteiger partial charge in [-0.2, -0.15) is 11.8 Å². The van der Waals surface area contributed by atoms with Crippen molar-refractivity contribution in [3.8, 4) is 23.0 Å². The van der Waals surface area contributed by atoms with E-state index in [9.17, 15) is 60.0 Å². The number of ether oxygens (including phenoxy) is 27. The topological polar surface area (TPSA) is 503 Å². The lowest BCUT2D eigenvalue weighted by molar-refractivity contribution is -0.416. The van der Waals surface area contributed by atoms with E-state index in [-0.39, 0.29) is 96.3 Å². The van der Waals surface area contributed by atoms with Gasteiger partial charge in [0.2, 0.25) is 5.91 Å². The molecule has 0 aromatic heterocycles. The number of hydrogen-bond donors (Lipinski definition) is 10. The van der Waals surface area contributed by atoms with Crippen LogP contribution in [0.3, 0.4) is 0 Å². The zero-order chi connectivity index (χ0) is 92.3. The van der Waals surface area contributed by atoms with Crippen molar-refractivity contribution in [2.75, 3.05) is 74.2 Å². The molecule has 44 heteroatoms. The number of phenols is 3. The minimum Gasteiger partial charge on any atom is -0.508 e. The van der Waals surface area contributed by atoms with Gasteiger partial charge in [0, 0.05) is 47.3 Å². The SMILES string of the molecule is COC[C@H]1O[C@@H](O[C@@H]2OC[C@@H]3O[C@@]4(OC[C@@H](OC(=O)c5c(C)cc(O)cc5O)[C@@H]5OCO[C@H]54)O[C@H]3[C@H]2O)[C@@H](OC)[C@@H](O)[C@@H]1O[C@@H]1O[C@H](C)[C@H](OC)[C@H](O[C@@H]2O[C@H](C)[C@H]3O[C@]4(C[C@@H](O)[C@H](O[C@H]5C[C@@H](O[C@H]6C[C@](C)(NC(=O)[C@H](CCSC)NC(=O)OCc7ccccc7)[C@@H](OC)[C@H](C)O6)[C@H](OC(=O)c6c(C)c(Cl)c(O)c(Cl)c6OC)[C@@H](C)O5)[C@@H](C)O4)O[C@]3(C)[C@@H]2O)[C@@]1(C)O. The van der Waals surface area contributed by atoms with Crippen molar-refractivity contribution < 1.29 is 188 Å². The molecule has 11 heterocycles. The molecule has 3 aromatic carbocycles. The fourth-order valence-corrected chi connectivity index (χ4v) is 20.0. The van der Waals surface area contributed by atoms with Gasteiger partial charge in [0.1, 0.15) is 150 Å². The molecular formula is C84H116Cl2N2O39S. The second kappa shape index (κ2) is 40.1. The summed E-state index contributed by atoms with van der Waals surface area (Å²) in [6.45, 7) is 14.6. The number of rotatable bonds is 28. The Kier molecular flexibility index (Phi) is 30.8. The maximum atomic E-state index is 14.7. The Hall–Kier alpha value is -5.65. The number of carbonyl (C=O) groups is 4. The van der Waals surface area contributed by atoms with Crippen LogP contribution >= 0.6 is 35.0 Å². The molecule has 36 atom stereocenters. The zero-order valence-electron chi connectivity index (χ0n) is 73.4. The molecule has 0 radical (unpaired) electrons. The van der Waals surface area contributed by atoms with E-state index < -0.39 is 261 Å². The Morgan fingerprint density at radius 1 is 0.648 bits per heavy atom. The van der Waals surface area contributed by atoms with Crippen LogP contribution in [0.1, 0.15) is 118 Å². The number of carbonyl (C=O) groups excluding carboxylic acids is 4. The molecule has 2 spiro atoms. The number of nitrogens with one attached hydrogen (secondary N) is 2. The Labute approximate surface area is 751 Å². The van der Waals surface area contributed by atoms with Gasteiger partial charge < -0.3 is 179 Å². The van der Waals surface area contributed by atoms with E-state index >= 15 is 0 Å². The maximum absolute atomic E-state index is 14.7. The lowest BCUT2D eigenvalue weighted by atomic mass is 9.84. The lowest BCUT2D eigenvalue weighted by Gasteiger charge is -2.53. The van der Waals surface area contributed by atoms with Crippen molar-refractivity contribution in [2.45, 2.75) is 320 Å². The Balaban J connectivity index is 0.625. The molecule has 11 aliphatic heterocycles. The number of halogens is 2. The number of amides is 2. The molecule has 0 saturated carbocycles. The van der Waals surface area contributed by atoms with Gasteiger partial charge in [-0.05, 0) is 110 Å². The third-order valence-electron chi connectivity index (χ3n) is 25.3. The summed E-state index contributed by atoms with van der Waals surface area (Å²) >= 11 is 14.5. The van der Waals surface area contributed by atoms with E-state index in [0.717, 1.165) is 11.6 Å². The molecule has 128 heavy (non-hydrogen) atoms. The first-order chi connectivity index (χ1) is 60.8. The summed E-state index contributed by atoms with van der Waals surface area (Å²) in [7, 11) is 6.69. The van der Waals surface area contributed by atoms with Crippen LogP contribution in [-0.2, 0) is 135 Å². The number of phenolic OH excluding ortho intramolecular Hbond substituents is 3. The van der Waals surface area contributed by atoms with Gasteiger partial charge in [-0.15, -0.1) is 0 Å². The van der Waals surface area contributed by atoms with E-state index in [1.165, 1.54) is 74.1 Å². The number of hydrogen-bond acceptors (Lipinski definition) is 40. The fourth-order valence-electron chi connectivity index (χ4n) is 19.0. The summed E-state index contributed by atoms with van der Waals surface area (Å²) < 4.78 is 168. The van der Waals surface area contributed by atoms with Crippen LogP contribution in [0, 0.1) is 13.8 Å². The summed E-state index contributed by atoms with van der Waals surface area (Å²) in [6.07, 6.45) is -37.8. The highest BCUT2D eigenvalue weighted by Gasteiger charge is 2.71. The van der Waals surface area contributed by atoms with Gasteiger partial charge >= 0.3 is 24.0 Å². The maximum Gasteiger partial charge on any atom is 0.408 e. The van der Waals surface area contributed by atoms with Gasteiger partial charge in [-0.25, -0.2) is 14.4 Å². The van der Waals surface area contributed by atoms with Crippen LogP contribution < -0.4 is 15.4 Å². The highest BCUT2D eigenvalue weighted by atomic mass is 35.5. The lowest BCUT2D eigenvalue weighted by Crippen LogP contribution is -2.71. The smallest absolute Gasteiger partial charge is 0.408 e. The second-order valence-corrected chi connectivity index (χ2v) is 36.1. The van der Waals surface area contributed by atoms with Crippen LogP contribution in [0.2, 0.25) is 10.0 Å². The molecule has 10 N–H and O–H groups in total. The number of aliphatic hydroxyl groups excluding tert-OH is 4. The van der Waals surface area contributed by atoms with Crippen molar-refractivity contribution >= 4 is 58.9 Å². The van der Waals surface area contributed by atoms with Crippen LogP contribution in [0.25, 0.3) is 0 Å². The van der Waals surface area contributed by atoms with Gasteiger partial charge in [0.25, 0.3) is 5.97 Å². The van der Waals surface area contributed by atoms with Gasteiger partial charge in [0.05, 0.1) is 80.5 Å². The van der Waals surface area contributed by atoms with Crippen molar-refractivity contribution in [1.82, 2.24) is 10.6 Å². The molecule has 11 saturated heterocycles. The molecule has 11 fully saturated rings. The van der Waals surface area contributed by atoms with Gasteiger partial charge in [-0.3, -0.25) is 4.79 Å². The van der Waals surface area contributed by atoms with Crippen LogP contribution in [0.15, 0.2) is 42.5 Å². The number of aryl methyl sites for hydroxylation is 1. The van der Waals surface area contributed by atoms with Crippen molar-refractivity contribution in [2.24, 2.45) is 0 Å². The minimum atomic E-state index is -2.27. The first-order valence-corrected chi connectivity index (χ1v) is 44.4. The number of aromatic hydroxyl groups is 3. The third-order valence-corrected chi connectivity index (χ3v) is 26.8. The van der Waals surface area contributed by atoms with Gasteiger partial charge in [0.15, 0.2) is 67.6 Å². The summed E-state index contributed by atoms with van der Waals surface area (Å²) in [5.41, 5.74) is -4.66. The minimum absolute atomic E-state index is 0.0389. The fraction of sp³-hybridized carbons (Fsp3) is 0.738. The van der Waals surface area contributed by atoms with Crippen molar-refractivity contribution in [1.29, 1.82) is 0 Å². The molecule has 11 aliphatic rings. The molecule has 0 bridgehead atoms. The number of aliphatic hydroxyl groups is 5. The number of alkyl carbamates (subject to hydrolysis) is 1. The number of thioether (sulfide) groups is 1. The summed E-state index contributed by atoms with van der Waals surface area (Å²) in [5, 5.41) is 98.9. The highest BCUT2D eigenvalue weighted by Crippen LogP contribution is 2.54. The third kappa shape index (κ3) is 19.5. The number of fused-ring (bicyclic) bond motifs is 4. The average molecular weight is 1880 g/mol. The van der Waals surface area contributed by atoms with Crippen LogP contribution in [0.4, 0.5) is 4.79 Å². The van der Waals surface area contributed by atoms with Crippen molar-refractivity contribution in [3.63, 3.8) is 0 Å². The van der Waals surface area contributed by atoms with E-state index in [1.54, 1.807) is 60.6 Å². The number of methoxy groups -OCH3 is 5. The first kappa shape index (κ1) is 98.3. The normalized spacial score (nSPS) is 41.9. The molecule has 41 nitrogen and oxygen atoms in total. The average Bonchev–Trinajstić information content (AvgIpc) is 1.85. The summed E-state index contributed by atoms with van der Waals surface area (Å²) in [5.74, 6) is -7.62. The van der Waals surface area contributed by atoms with Crippen molar-refractivity contribution in [3.05, 3.63) is 80.3 Å². The van der Waals surface area contributed by atoms with Crippen LogP contribution in [-0.4, -0.2) is 358 Å². The first-order valence-electron chi connectivity index (χ1n) is 42.2. The molecule has 3 aromatic rings. The standard InChI is InChI=1S/C84H116Cl2N2O39S/c1-34-24-42(89)25-44(90)52(34)73(97)116-48-32-110-84(71-64(48)108-33-109-71)124-49-31-106-75(58(94)63(49)125-84)122-76-66(104-14)57(93)62(47(117-76)30-101-11)120-78-81(9,100)70(61(102-12)37(4)114-78)121-77-67(95)82(10)69(40(7)113-77)126-83(127-82)27-45(91)59(38(5)123-83)118-50-26-46(60(36(3)111-50)119-74(98)53-35(2)54(85)56(92)55(86)65(53)103-13)115-51-28-80(8,68(105-15)39(6)112-51)88-72(96)43(22-23-128-16)87-79(99)107-29-41-20-18-17-19-21-41/h17-21,24-25,36-40,43,45-51,57-64,66-71,75-78,89-95,100H,22-23,26-33H2,1-16H3,(H,87,99)(H,88,96)/t36-,37-,38-,39+,40-,43+,45-,46-,47-,48-,49+,50+,51+,57+,58-,59-,60-,61+,62-,63-,64+,66+,67-,68+,69-,70+,71-,75+,76+,77+,78+,80+,81-,82-,83-,84-/m1/s1. The summed E-state index contributed by atoms with van der Waals surface area (Å²) in [6, 6.07) is 10.3. The largest absolute Gasteiger partial charge is 0.508 e. The molecular weight excluding hydrogens is 1760 g/mol. The van der Waals surface area contributed by atoms with E-state index in [1.807, 2.05) is 24.5 Å². The Bertz CT molecular complexity index is 4330. The van der Waals surface area contributed by atoms with E-state index in [2.05, 4.69) is 10.6 Å². The van der Waals surface area contributed by atoms with Gasteiger partial charge in [-0.1, -0.05) is 53.5 Å². The predicted octanol–water partition coefficient (Wildman–Crippen LogP) is 3.54. The Morgan fingerprint density at radius 2 is 1.37 bits per heavy atom. The quantitative estimate of drug-likeness (QED) is 0.0367. The highest BCUT2D eigenvalue weighted by molar-refractivity contribution is 7.98. The predicted molar refractivity (Wildman–Crippen MR) is 435 cm³/mol. The zero-order valence-corrected chi connectivity index (χ0v) is 75.7. The molecule has 716 valence electrons. The van der Waals surface area contributed by atoms with E-state index in [0.29, 0.717) is 5.75 Å². The molecule has 14 rings (SSSR count). The number of esters is 2. The molecule has 0 unspecified atom stereocenters. The van der Waals surface area contributed by atoms with Crippen LogP contribution in [0.5, 0.6) is 23.0 Å².